The molecule has 1 unspecified atom stereocenters. The van der Waals surface area contributed by atoms with E-state index in [1.165, 1.54) is 22.2 Å². The van der Waals surface area contributed by atoms with Crippen molar-refractivity contribution in [2.75, 3.05) is 42.1 Å². The number of rotatable bonds is 8. The molecule has 3 aliphatic heterocycles. The van der Waals surface area contributed by atoms with Gasteiger partial charge in [-0.1, -0.05) is 68.1 Å². The van der Waals surface area contributed by atoms with E-state index in [-0.39, 0.29) is 29.9 Å². The van der Waals surface area contributed by atoms with E-state index in [1.807, 2.05) is 71.6 Å². The monoisotopic (exact) mass is 608 g/mol. The van der Waals surface area contributed by atoms with Gasteiger partial charge in [-0.15, -0.1) is 0 Å². The van der Waals surface area contributed by atoms with Gasteiger partial charge in [-0.3, -0.25) is 19.4 Å². The number of piperazine rings is 1. The Hall–Kier alpha value is -4.44. The van der Waals surface area contributed by atoms with Crippen LogP contribution in [0.4, 0.5) is 17.1 Å². The quantitative estimate of drug-likeness (QED) is 0.376. The van der Waals surface area contributed by atoms with Crippen LogP contribution in [0.25, 0.3) is 0 Å². The Labute approximate surface area is 262 Å². The number of nitrogens with zero attached hydrogens (tertiary/aromatic N) is 5. The van der Waals surface area contributed by atoms with Crippen LogP contribution in [-0.2, 0) is 14.4 Å². The van der Waals surface area contributed by atoms with Crippen molar-refractivity contribution in [3.63, 3.8) is 0 Å². The number of para-hydroxylation sites is 2. The first-order valence-corrected chi connectivity index (χ1v) is 16.1. The summed E-state index contributed by atoms with van der Waals surface area (Å²) in [6, 6.07) is 24.9. The molecule has 3 amide bonds. The molecule has 0 spiro atoms. The second kappa shape index (κ2) is 13.1. The molecule has 226 valence electrons. The molecule has 1 fully saturated rings. The van der Waals surface area contributed by atoms with Crippen LogP contribution in [0, 0.1) is 0 Å². The number of thioether (sulfide) groups is 1. The Morgan fingerprint density at radius 3 is 2.36 bits per heavy atom. The van der Waals surface area contributed by atoms with Gasteiger partial charge >= 0.3 is 0 Å². The molecule has 3 aromatic carbocycles. The van der Waals surface area contributed by atoms with Crippen LogP contribution < -0.4 is 10.2 Å². The van der Waals surface area contributed by atoms with Gasteiger partial charge in [0.15, 0.2) is 5.17 Å². The smallest absolute Gasteiger partial charge is 0.259 e. The predicted molar refractivity (Wildman–Crippen MR) is 177 cm³/mol. The van der Waals surface area contributed by atoms with Crippen molar-refractivity contribution in [1.82, 2.24) is 9.80 Å². The summed E-state index contributed by atoms with van der Waals surface area (Å²) in [4.78, 5) is 54.8. The van der Waals surface area contributed by atoms with E-state index in [2.05, 4.69) is 36.2 Å². The standard InChI is InChI=1S/C34H36N6O3S/c1-23(2)24-12-14-25(15-13-24)35-30(41)22-44-34-37-28-11-7-6-10-27(28)32-36-29(33(43)40(32)34)16-17-31(42)39-20-18-38(19-21-39)26-8-4-3-5-9-26/h3-15,23,29H,16-22H2,1-2H3,(H,35,41). The fourth-order valence-electron chi connectivity index (χ4n) is 5.64. The minimum Gasteiger partial charge on any atom is -0.368 e. The van der Waals surface area contributed by atoms with Crippen molar-refractivity contribution in [3.8, 4) is 0 Å². The van der Waals surface area contributed by atoms with Crippen molar-refractivity contribution in [2.24, 2.45) is 9.98 Å². The molecular weight excluding hydrogens is 572 g/mol. The van der Waals surface area contributed by atoms with Gasteiger partial charge in [0.2, 0.25) is 11.8 Å². The summed E-state index contributed by atoms with van der Waals surface area (Å²) in [6.07, 6.45) is 0.565. The molecule has 0 aliphatic carbocycles. The average molecular weight is 609 g/mol. The number of fused-ring (bicyclic) bond motifs is 3. The lowest BCUT2D eigenvalue weighted by molar-refractivity contribution is -0.132. The molecule has 44 heavy (non-hydrogen) atoms. The predicted octanol–water partition coefficient (Wildman–Crippen LogP) is 5.27. The fourth-order valence-corrected chi connectivity index (χ4v) is 6.44. The molecule has 10 heteroatoms. The molecule has 1 saturated heterocycles. The number of amidine groups is 2. The van der Waals surface area contributed by atoms with Gasteiger partial charge in [-0.25, -0.2) is 9.89 Å². The Morgan fingerprint density at radius 1 is 0.932 bits per heavy atom. The number of hydrogen-bond acceptors (Lipinski definition) is 7. The molecule has 9 nitrogen and oxygen atoms in total. The van der Waals surface area contributed by atoms with E-state index < -0.39 is 6.04 Å². The zero-order valence-electron chi connectivity index (χ0n) is 25.0. The number of hydrogen-bond donors (Lipinski definition) is 1. The van der Waals surface area contributed by atoms with Gasteiger partial charge in [-0.05, 0) is 54.3 Å². The first-order chi connectivity index (χ1) is 21.4. The van der Waals surface area contributed by atoms with Gasteiger partial charge in [-0.2, -0.15) is 0 Å². The zero-order valence-corrected chi connectivity index (χ0v) is 25.8. The highest BCUT2D eigenvalue weighted by atomic mass is 32.2. The largest absolute Gasteiger partial charge is 0.368 e. The number of nitrogens with one attached hydrogen (secondary N) is 1. The van der Waals surface area contributed by atoms with Crippen LogP contribution in [0.5, 0.6) is 0 Å². The van der Waals surface area contributed by atoms with E-state index in [4.69, 9.17) is 9.98 Å². The van der Waals surface area contributed by atoms with Crippen LogP contribution in [0.2, 0.25) is 0 Å². The molecule has 1 atom stereocenters. The molecular formula is C34H36N6O3S. The summed E-state index contributed by atoms with van der Waals surface area (Å²) in [5, 5.41) is 3.35. The first kappa shape index (κ1) is 29.6. The Kier molecular flexibility index (Phi) is 8.79. The number of amides is 3. The van der Waals surface area contributed by atoms with Crippen molar-refractivity contribution < 1.29 is 14.4 Å². The number of carbonyl (C=O) groups is 3. The number of aliphatic imine (C=N–C) groups is 2. The Balaban J connectivity index is 1.07. The van der Waals surface area contributed by atoms with E-state index in [1.54, 1.807) is 0 Å². The Morgan fingerprint density at radius 2 is 1.64 bits per heavy atom. The first-order valence-electron chi connectivity index (χ1n) is 15.1. The van der Waals surface area contributed by atoms with Crippen molar-refractivity contribution in [3.05, 3.63) is 90.0 Å². The van der Waals surface area contributed by atoms with Crippen LogP contribution in [-0.4, -0.2) is 76.5 Å². The third-order valence-electron chi connectivity index (χ3n) is 8.13. The van der Waals surface area contributed by atoms with E-state index in [0.29, 0.717) is 42.1 Å². The van der Waals surface area contributed by atoms with Crippen molar-refractivity contribution >= 4 is 57.5 Å². The van der Waals surface area contributed by atoms with E-state index in [0.717, 1.165) is 30.0 Å². The maximum atomic E-state index is 13.7. The second-order valence-electron chi connectivity index (χ2n) is 11.4. The van der Waals surface area contributed by atoms with E-state index >= 15 is 0 Å². The van der Waals surface area contributed by atoms with E-state index in [9.17, 15) is 14.4 Å². The topological polar surface area (TPSA) is 97.7 Å². The van der Waals surface area contributed by atoms with Gasteiger partial charge in [0.1, 0.15) is 11.9 Å². The van der Waals surface area contributed by atoms with Gasteiger partial charge in [0.25, 0.3) is 5.91 Å². The SMILES string of the molecule is CC(C)c1ccc(NC(=O)CSC2=Nc3ccccc3C3=NC(CCC(=O)N4CCN(c5ccccc5)CC4)C(=O)N23)cc1. The molecule has 3 heterocycles. The summed E-state index contributed by atoms with van der Waals surface area (Å²) in [7, 11) is 0. The van der Waals surface area contributed by atoms with Crippen molar-refractivity contribution in [2.45, 2.75) is 38.6 Å². The average Bonchev–Trinajstić information content (AvgIpc) is 3.39. The molecule has 1 N–H and O–H groups in total. The van der Waals surface area contributed by atoms with Crippen LogP contribution in [0.1, 0.15) is 43.7 Å². The minimum atomic E-state index is -0.676. The molecule has 0 aromatic heterocycles. The van der Waals surface area contributed by atoms with Crippen LogP contribution >= 0.6 is 11.8 Å². The third-order valence-corrected chi connectivity index (χ3v) is 9.07. The number of anilines is 2. The maximum absolute atomic E-state index is 13.7. The summed E-state index contributed by atoms with van der Waals surface area (Å²) >= 11 is 1.21. The zero-order chi connectivity index (χ0) is 30.6. The second-order valence-corrected chi connectivity index (χ2v) is 12.4. The summed E-state index contributed by atoms with van der Waals surface area (Å²) in [5.41, 5.74) is 4.56. The lowest BCUT2D eigenvalue weighted by Crippen LogP contribution is -2.49. The molecule has 0 saturated carbocycles. The normalized spacial score (nSPS) is 17.7. The fraction of sp³-hybridized carbons (Fsp3) is 0.324. The van der Waals surface area contributed by atoms with Crippen LogP contribution in [0.3, 0.4) is 0 Å². The molecule has 0 radical (unpaired) electrons. The van der Waals surface area contributed by atoms with Gasteiger partial charge in [0, 0.05) is 49.5 Å². The lowest BCUT2D eigenvalue weighted by atomic mass is 10.0. The number of carbonyl (C=O) groups excluding carboxylic acids is 3. The highest BCUT2D eigenvalue weighted by molar-refractivity contribution is 8.14. The third kappa shape index (κ3) is 6.40. The van der Waals surface area contributed by atoms with Crippen LogP contribution in [0.15, 0.2) is 88.8 Å². The summed E-state index contributed by atoms with van der Waals surface area (Å²) in [5.74, 6) is 0.663. The van der Waals surface area contributed by atoms with Gasteiger partial charge in [0.05, 0.1) is 11.4 Å². The van der Waals surface area contributed by atoms with Gasteiger partial charge < -0.3 is 15.1 Å². The molecule has 3 aliphatic rings. The minimum absolute atomic E-state index is 0.0392. The molecule has 6 rings (SSSR count). The maximum Gasteiger partial charge on any atom is 0.259 e. The summed E-state index contributed by atoms with van der Waals surface area (Å²) < 4.78 is 0. The number of benzene rings is 3. The molecule has 3 aromatic rings. The molecule has 0 bridgehead atoms. The van der Waals surface area contributed by atoms with Crippen molar-refractivity contribution in [1.29, 1.82) is 0 Å². The highest BCUT2D eigenvalue weighted by Gasteiger charge is 2.41. The summed E-state index contributed by atoms with van der Waals surface area (Å²) in [6.45, 7) is 7.11. The Bertz CT molecular complexity index is 1600. The highest BCUT2D eigenvalue weighted by Crippen LogP contribution is 2.34. The lowest BCUT2D eigenvalue weighted by Gasteiger charge is -2.36.